The molecule has 1 aliphatic rings. The average Bonchev–Trinajstić information content (AvgIpc) is 2.34. The first-order chi connectivity index (χ1) is 7.81. The summed E-state index contributed by atoms with van der Waals surface area (Å²) < 4.78 is 0. The van der Waals surface area contributed by atoms with Crippen LogP contribution in [0.15, 0.2) is 24.3 Å². The zero-order chi connectivity index (χ0) is 11.4. The van der Waals surface area contributed by atoms with E-state index in [9.17, 15) is 5.11 Å². The first kappa shape index (κ1) is 11.6. The van der Waals surface area contributed by atoms with Crippen LogP contribution in [-0.4, -0.2) is 42.8 Å². The second kappa shape index (κ2) is 5.43. The summed E-state index contributed by atoms with van der Waals surface area (Å²) in [5.74, 6) is 0. The monoisotopic (exact) mass is 220 g/mol. The number of aryl methyl sites for hydroxylation is 1. The van der Waals surface area contributed by atoms with Gasteiger partial charge in [-0.25, -0.2) is 0 Å². The maximum atomic E-state index is 9.54. The number of rotatable bonds is 3. The maximum absolute atomic E-state index is 9.54. The number of aliphatic hydroxyl groups excluding tert-OH is 1. The molecular weight excluding hydrogens is 200 g/mol. The van der Waals surface area contributed by atoms with Crippen LogP contribution >= 0.6 is 0 Å². The summed E-state index contributed by atoms with van der Waals surface area (Å²) in [6.07, 6.45) is 0. The molecule has 0 saturated carbocycles. The second-order valence-corrected chi connectivity index (χ2v) is 4.40. The van der Waals surface area contributed by atoms with Crippen LogP contribution in [0.3, 0.4) is 0 Å². The van der Waals surface area contributed by atoms with Crippen molar-refractivity contribution in [3.05, 3.63) is 35.4 Å². The fourth-order valence-electron chi connectivity index (χ4n) is 2.21. The van der Waals surface area contributed by atoms with Crippen molar-refractivity contribution in [2.45, 2.75) is 13.0 Å². The van der Waals surface area contributed by atoms with Crippen molar-refractivity contribution in [1.29, 1.82) is 0 Å². The second-order valence-electron chi connectivity index (χ2n) is 4.40. The van der Waals surface area contributed by atoms with E-state index in [0.717, 1.165) is 26.2 Å². The predicted molar refractivity (Wildman–Crippen MR) is 65.4 cm³/mol. The summed E-state index contributed by atoms with van der Waals surface area (Å²) >= 11 is 0. The fourth-order valence-corrected chi connectivity index (χ4v) is 2.21. The molecule has 3 heteroatoms. The molecule has 1 atom stereocenters. The summed E-state index contributed by atoms with van der Waals surface area (Å²) in [5.41, 5.74) is 2.48. The number of nitrogens with zero attached hydrogens (tertiary/aromatic N) is 1. The minimum atomic E-state index is 0.155. The standard InChI is InChI=1S/C13H20N2O/c1-11-2-4-12(5-3-11)13(10-16)15-8-6-14-7-9-15/h2-5,13-14,16H,6-10H2,1H3/t13-/m0/s1. The molecule has 16 heavy (non-hydrogen) atoms. The van der Waals surface area contributed by atoms with Crippen LogP contribution in [0.2, 0.25) is 0 Å². The van der Waals surface area contributed by atoms with Crippen LogP contribution < -0.4 is 5.32 Å². The Morgan fingerprint density at radius 3 is 2.44 bits per heavy atom. The van der Waals surface area contributed by atoms with Gasteiger partial charge < -0.3 is 10.4 Å². The number of hydrogen-bond acceptors (Lipinski definition) is 3. The molecule has 1 aromatic rings. The Morgan fingerprint density at radius 2 is 1.88 bits per heavy atom. The summed E-state index contributed by atoms with van der Waals surface area (Å²) in [4.78, 5) is 2.35. The molecular formula is C13H20N2O. The quantitative estimate of drug-likeness (QED) is 0.795. The summed E-state index contributed by atoms with van der Waals surface area (Å²) in [5, 5.41) is 12.9. The highest BCUT2D eigenvalue weighted by Crippen LogP contribution is 2.20. The molecule has 88 valence electrons. The SMILES string of the molecule is Cc1ccc([C@H](CO)N2CCNCC2)cc1. The molecule has 1 saturated heterocycles. The van der Waals surface area contributed by atoms with Gasteiger partial charge in [0.15, 0.2) is 0 Å². The van der Waals surface area contributed by atoms with Gasteiger partial charge in [0, 0.05) is 26.2 Å². The van der Waals surface area contributed by atoms with E-state index in [4.69, 9.17) is 0 Å². The largest absolute Gasteiger partial charge is 0.394 e. The van der Waals surface area contributed by atoms with Gasteiger partial charge in [-0.1, -0.05) is 29.8 Å². The van der Waals surface area contributed by atoms with Crippen LogP contribution in [0.1, 0.15) is 17.2 Å². The van der Waals surface area contributed by atoms with Crippen LogP contribution in [-0.2, 0) is 0 Å². The van der Waals surface area contributed by atoms with E-state index < -0.39 is 0 Å². The summed E-state index contributed by atoms with van der Waals surface area (Å²) in [7, 11) is 0. The van der Waals surface area contributed by atoms with Gasteiger partial charge in [0.25, 0.3) is 0 Å². The molecule has 1 heterocycles. The first-order valence-electron chi connectivity index (χ1n) is 5.93. The van der Waals surface area contributed by atoms with E-state index in [1.807, 2.05) is 0 Å². The lowest BCUT2D eigenvalue weighted by atomic mass is 10.0. The Kier molecular flexibility index (Phi) is 3.93. The van der Waals surface area contributed by atoms with Crippen LogP contribution in [0.25, 0.3) is 0 Å². The molecule has 3 nitrogen and oxygen atoms in total. The molecule has 0 aliphatic carbocycles. The lowest BCUT2D eigenvalue weighted by molar-refractivity contribution is 0.111. The first-order valence-corrected chi connectivity index (χ1v) is 5.93. The number of piperazine rings is 1. The van der Waals surface area contributed by atoms with Gasteiger partial charge >= 0.3 is 0 Å². The third kappa shape index (κ3) is 2.61. The fraction of sp³-hybridized carbons (Fsp3) is 0.538. The normalized spacial score (nSPS) is 19.6. The van der Waals surface area contributed by atoms with Crippen molar-refractivity contribution < 1.29 is 5.11 Å². The van der Waals surface area contributed by atoms with Gasteiger partial charge in [0.2, 0.25) is 0 Å². The molecule has 0 amide bonds. The topological polar surface area (TPSA) is 35.5 Å². The molecule has 0 radical (unpaired) electrons. The van der Waals surface area contributed by atoms with Crippen molar-refractivity contribution in [3.8, 4) is 0 Å². The van der Waals surface area contributed by atoms with Gasteiger partial charge in [-0.3, -0.25) is 4.90 Å². The Labute approximate surface area is 97.1 Å². The highest BCUT2D eigenvalue weighted by molar-refractivity contribution is 5.24. The molecule has 2 rings (SSSR count). The Bertz CT molecular complexity index is 317. The highest BCUT2D eigenvalue weighted by Gasteiger charge is 2.20. The smallest absolute Gasteiger partial charge is 0.0628 e. The molecule has 2 N–H and O–H groups in total. The minimum absolute atomic E-state index is 0.155. The van der Waals surface area contributed by atoms with Gasteiger partial charge in [0.1, 0.15) is 0 Å². The lowest BCUT2D eigenvalue weighted by Crippen LogP contribution is -2.46. The van der Waals surface area contributed by atoms with Crippen molar-refractivity contribution in [2.75, 3.05) is 32.8 Å². The molecule has 1 fully saturated rings. The van der Waals surface area contributed by atoms with E-state index in [-0.39, 0.29) is 12.6 Å². The number of nitrogens with one attached hydrogen (secondary N) is 1. The van der Waals surface area contributed by atoms with Gasteiger partial charge in [0.05, 0.1) is 12.6 Å². The van der Waals surface area contributed by atoms with E-state index in [2.05, 4.69) is 41.4 Å². The van der Waals surface area contributed by atoms with E-state index in [1.54, 1.807) is 0 Å². The average molecular weight is 220 g/mol. The van der Waals surface area contributed by atoms with Crippen LogP contribution in [0, 0.1) is 6.92 Å². The Hall–Kier alpha value is -0.900. The Balaban J connectivity index is 2.11. The molecule has 0 bridgehead atoms. The molecule has 1 aromatic carbocycles. The molecule has 0 spiro atoms. The maximum Gasteiger partial charge on any atom is 0.0628 e. The number of aliphatic hydroxyl groups is 1. The molecule has 0 unspecified atom stereocenters. The van der Waals surface area contributed by atoms with Crippen LogP contribution in [0.5, 0.6) is 0 Å². The van der Waals surface area contributed by atoms with Crippen molar-refractivity contribution in [1.82, 2.24) is 10.2 Å². The predicted octanol–water partition coefficient (Wildman–Crippen LogP) is 0.934. The number of hydrogen-bond donors (Lipinski definition) is 2. The van der Waals surface area contributed by atoms with Crippen molar-refractivity contribution >= 4 is 0 Å². The zero-order valence-corrected chi connectivity index (χ0v) is 9.82. The van der Waals surface area contributed by atoms with E-state index >= 15 is 0 Å². The third-order valence-corrected chi connectivity index (χ3v) is 3.23. The van der Waals surface area contributed by atoms with E-state index in [0.29, 0.717) is 0 Å². The lowest BCUT2D eigenvalue weighted by Gasteiger charge is -2.34. The third-order valence-electron chi connectivity index (χ3n) is 3.23. The highest BCUT2D eigenvalue weighted by atomic mass is 16.3. The molecule has 1 aliphatic heterocycles. The molecule has 0 aromatic heterocycles. The zero-order valence-electron chi connectivity index (χ0n) is 9.82. The summed E-state index contributed by atoms with van der Waals surface area (Å²) in [6, 6.07) is 8.62. The summed E-state index contributed by atoms with van der Waals surface area (Å²) in [6.45, 7) is 6.34. The van der Waals surface area contributed by atoms with E-state index in [1.165, 1.54) is 11.1 Å². The van der Waals surface area contributed by atoms with Crippen LogP contribution in [0.4, 0.5) is 0 Å². The number of benzene rings is 1. The van der Waals surface area contributed by atoms with Gasteiger partial charge in [-0.15, -0.1) is 0 Å². The van der Waals surface area contributed by atoms with Gasteiger partial charge in [-0.05, 0) is 12.5 Å². The van der Waals surface area contributed by atoms with Crippen molar-refractivity contribution in [3.63, 3.8) is 0 Å². The minimum Gasteiger partial charge on any atom is -0.394 e. The van der Waals surface area contributed by atoms with Gasteiger partial charge in [-0.2, -0.15) is 0 Å². The Morgan fingerprint density at radius 1 is 1.25 bits per heavy atom. The van der Waals surface area contributed by atoms with Crippen molar-refractivity contribution in [2.24, 2.45) is 0 Å².